The molecule has 0 unspecified atom stereocenters. The lowest BCUT2D eigenvalue weighted by Crippen LogP contribution is -2.33. The highest BCUT2D eigenvalue weighted by molar-refractivity contribution is 5.95. The first-order valence-corrected chi connectivity index (χ1v) is 7.69. The molecule has 2 rings (SSSR count). The summed E-state index contributed by atoms with van der Waals surface area (Å²) in [6, 6.07) is 3.84. The first-order valence-electron chi connectivity index (χ1n) is 7.69. The van der Waals surface area contributed by atoms with Crippen LogP contribution in [-0.2, 0) is 0 Å². The van der Waals surface area contributed by atoms with Crippen LogP contribution in [-0.4, -0.2) is 56.1 Å². The molecule has 1 saturated heterocycles. The summed E-state index contributed by atoms with van der Waals surface area (Å²) >= 11 is 0. The summed E-state index contributed by atoms with van der Waals surface area (Å²) in [7, 11) is 4.00. The lowest BCUT2D eigenvalue weighted by Gasteiger charge is -2.24. The average molecular weight is 290 g/mol. The van der Waals surface area contributed by atoms with Crippen LogP contribution in [0.25, 0.3) is 0 Å². The quantitative estimate of drug-likeness (QED) is 0.854. The van der Waals surface area contributed by atoms with E-state index in [0.717, 1.165) is 49.4 Å². The molecule has 21 heavy (non-hydrogen) atoms. The maximum Gasteiger partial charge on any atom is 0.253 e. The molecule has 1 amide bonds. The van der Waals surface area contributed by atoms with Gasteiger partial charge in [0.2, 0.25) is 0 Å². The zero-order valence-electron chi connectivity index (χ0n) is 13.3. The molecule has 5 nitrogen and oxygen atoms in total. The van der Waals surface area contributed by atoms with Crippen LogP contribution in [0.3, 0.4) is 0 Å². The first-order chi connectivity index (χ1) is 10.1. The standard InChI is InChI=1S/C16H26N4O/c1-12-4-5-14(16(21)18-10-11-20(2)3)15(19-12)13-6-8-17-9-7-13/h4-5,13,17H,6-11H2,1-3H3,(H,18,21). The second kappa shape index (κ2) is 7.52. The van der Waals surface area contributed by atoms with Gasteiger partial charge in [-0.05, 0) is 59.1 Å². The van der Waals surface area contributed by atoms with E-state index in [-0.39, 0.29) is 5.91 Å². The number of carbonyl (C=O) groups excluding carboxylic acids is 1. The lowest BCUT2D eigenvalue weighted by molar-refractivity contribution is 0.0948. The maximum atomic E-state index is 12.4. The molecular weight excluding hydrogens is 264 g/mol. The Morgan fingerprint density at radius 3 is 2.76 bits per heavy atom. The average Bonchev–Trinajstić information content (AvgIpc) is 2.47. The predicted octanol–water partition coefficient (Wildman–Crippen LogP) is 1.15. The van der Waals surface area contributed by atoms with E-state index in [1.165, 1.54) is 0 Å². The Hall–Kier alpha value is -1.46. The van der Waals surface area contributed by atoms with E-state index >= 15 is 0 Å². The van der Waals surface area contributed by atoms with Gasteiger partial charge in [-0.3, -0.25) is 9.78 Å². The van der Waals surface area contributed by atoms with Crippen molar-refractivity contribution >= 4 is 5.91 Å². The molecule has 0 radical (unpaired) electrons. The molecular formula is C16H26N4O. The molecule has 2 N–H and O–H groups in total. The topological polar surface area (TPSA) is 57.3 Å². The van der Waals surface area contributed by atoms with E-state index in [2.05, 4.69) is 20.5 Å². The lowest BCUT2D eigenvalue weighted by atomic mass is 9.90. The summed E-state index contributed by atoms with van der Waals surface area (Å²) in [5.41, 5.74) is 2.69. The number of carbonyl (C=O) groups is 1. The normalized spacial score (nSPS) is 16.2. The van der Waals surface area contributed by atoms with Crippen LogP contribution in [0.5, 0.6) is 0 Å². The van der Waals surface area contributed by atoms with Gasteiger partial charge in [0.25, 0.3) is 5.91 Å². The monoisotopic (exact) mass is 290 g/mol. The van der Waals surface area contributed by atoms with Gasteiger partial charge in [0.1, 0.15) is 0 Å². The number of rotatable bonds is 5. The van der Waals surface area contributed by atoms with Gasteiger partial charge in [0.15, 0.2) is 0 Å². The molecule has 1 aromatic rings. The second-order valence-corrected chi connectivity index (χ2v) is 5.97. The molecule has 0 atom stereocenters. The van der Waals surface area contributed by atoms with Gasteiger partial charge in [-0.15, -0.1) is 0 Å². The van der Waals surface area contributed by atoms with Crippen molar-refractivity contribution < 1.29 is 4.79 Å². The van der Waals surface area contributed by atoms with Gasteiger partial charge in [0.05, 0.1) is 11.3 Å². The smallest absolute Gasteiger partial charge is 0.253 e. The van der Waals surface area contributed by atoms with Crippen molar-refractivity contribution in [3.05, 3.63) is 29.1 Å². The van der Waals surface area contributed by atoms with Crippen molar-refractivity contribution in [2.75, 3.05) is 40.3 Å². The Morgan fingerprint density at radius 2 is 2.10 bits per heavy atom. The van der Waals surface area contributed by atoms with Gasteiger partial charge < -0.3 is 15.5 Å². The highest BCUT2D eigenvalue weighted by Gasteiger charge is 2.22. The number of piperidine rings is 1. The molecule has 1 fully saturated rings. The second-order valence-electron chi connectivity index (χ2n) is 5.97. The van der Waals surface area contributed by atoms with Crippen LogP contribution >= 0.6 is 0 Å². The molecule has 0 bridgehead atoms. The van der Waals surface area contributed by atoms with Gasteiger partial charge in [-0.2, -0.15) is 0 Å². The first kappa shape index (κ1) is 15.9. The number of nitrogens with zero attached hydrogens (tertiary/aromatic N) is 2. The molecule has 0 spiro atoms. The van der Waals surface area contributed by atoms with Gasteiger partial charge in [0, 0.05) is 24.7 Å². The fourth-order valence-electron chi connectivity index (χ4n) is 2.66. The van der Waals surface area contributed by atoms with Crippen LogP contribution in [0.15, 0.2) is 12.1 Å². The van der Waals surface area contributed by atoms with Crippen LogP contribution in [0, 0.1) is 6.92 Å². The number of amides is 1. The number of aromatic nitrogens is 1. The zero-order chi connectivity index (χ0) is 15.2. The number of likely N-dealkylation sites (N-methyl/N-ethyl adjacent to an activating group) is 1. The fourth-order valence-corrected chi connectivity index (χ4v) is 2.66. The van der Waals surface area contributed by atoms with Crippen molar-refractivity contribution in [3.63, 3.8) is 0 Å². The van der Waals surface area contributed by atoms with E-state index in [9.17, 15) is 4.79 Å². The van der Waals surface area contributed by atoms with E-state index in [0.29, 0.717) is 12.5 Å². The van der Waals surface area contributed by atoms with Gasteiger partial charge >= 0.3 is 0 Å². The molecule has 0 saturated carbocycles. The predicted molar refractivity (Wildman–Crippen MR) is 84.7 cm³/mol. The highest BCUT2D eigenvalue weighted by atomic mass is 16.1. The molecule has 1 aromatic heterocycles. The molecule has 1 aliphatic heterocycles. The third-order valence-corrected chi connectivity index (χ3v) is 3.88. The largest absolute Gasteiger partial charge is 0.351 e. The summed E-state index contributed by atoms with van der Waals surface area (Å²) in [5.74, 6) is 0.388. The molecule has 2 heterocycles. The summed E-state index contributed by atoms with van der Waals surface area (Å²) in [6.07, 6.45) is 2.10. The SMILES string of the molecule is Cc1ccc(C(=O)NCCN(C)C)c(C2CCNCC2)n1. The summed E-state index contributed by atoms with van der Waals surface area (Å²) < 4.78 is 0. The molecule has 116 valence electrons. The third kappa shape index (κ3) is 4.51. The fraction of sp³-hybridized carbons (Fsp3) is 0.625. The Morgan fingerprint density at radius 1 is 1.38 bits per heavy atom. The number of pyridine rings is 1. The van der Waals surface area contributed by atoms with E-state index in [4.69, 9.17) is 0 Å². The Balaban J connectivity index is 2.12. The van der Waals surface area contributed by atoms with Gasteiger partial charge in [-0.1, -0.05) is 0 Å². The minimum atomic E-state index is -0.00196. The minimum absolute atomic E-state index is 0.00196. The molecule has 5 heteroatoms. The summed E-state index contributed by atoms with van der Waals surface area (Å²) in [6.45, 7) is 5.49. The van der Waals surface area contributed by atoms with Crippen molar-refractivity contribution in [2.45, 2.75) is 25.7 Å². The van der Waals surface area contributed by atoms with Crippen molar-refractivity contribution in [1.82, 2.24) is 20.5 Å². The highest BCUT2D eigenvalue weighted by Crippen LogP contribution is 2.26. The zero-order valence-corrected chi connectivity index (χ0v) is 13.3. The molecule has 1 aliphatic rings. The van der Waals surface area contributed by atoms with E-state index < -0.39 is 0 Å². The van der Waals surface area contributed by atoms with Crippen LogP contribution in [0.2, 0.25) is 0 Å². The number of hydrogen-bond acceptors (Lipinski definition) is 4. The van der Waals surface area contributed by atoms with E-state index in [1.807, 2.05) is 33.2 Å². The summed E-state index contributed by atoms with van der Waals surface area (Å²) in [4.78, 5) is 19.1. The summed E-state index contributed by atoms with van der Waals surface area (Å²) in [5, 5.41) is 6.35. The Kier molecular flexibility index (Phi) is 5.70. The van der Waals surface area contributed by atoms with Gasteiger partial charge in [-0.25, -0.2) is 0 Å². The van der Waals surface area contributed by atoms with Crippen molar-refractivity contribution in [2.24, 2.45) is 0 Å². The van der Waals surface area contributed by atoms with Crippen molar-refractivity contribution in [1.29, 1.82) is 0 Å². The molecule has 0 aromatic carbocycles. The Labute approximate surface area is 127 Å². The van der Waals surface area contributed by atoms with Crippen LogP contribution < -0.4 is 10.6 Å². The number of nitrogens with one attached hydrogen (secondary N) is 2. The minimum Gasteiger partial charge on any atom is -0.351 e. The van der Waals surface area contributed by atoms with Crippen LogP contribution in [0.1, 0.15) is 40.5 Å². The number of aryl methyl sites for hydroxylation is 1. The number of hydrogen-bond donors (Lipinski definition) is 2. The van der Waals surface area contributed by atoms with E-state index in [1.54, 1.807) is 0 Å². The molecule has 0 aliphatic carbocycles. The van der Waals surface area contributed by atoms with Crippen LogP contribution in [0.4, 0.5) is 0 Å². The van der Waals surface area contributed by atoms with Crippen molar-refractivity contribution in [3.8, 4) is 0 Å². The Bertz CT molecular complexity index is 481. The third-order valence-electron chi connectivity index (χ3n) is 3.88. The maximum absolute atomic E-state index is 12.4.